The van der Waals surface area contributed by atoms with Gasteiger partial charge in [0.15, 0.2) is 6.61 Å². The Labute approximate surface area is 139 Å². The average molecular weight is 337 g/mol. The lowest BCUT2D eigenvalue weighted by Crippen LogP contribution is -2.44. The third-order valence-corrected chi connectivity index (χ3v) is 3.81. The number of hydrogen-bond acceptors (Lipinski definition) is 4. The van der Waals surface area contributed by atoms with Gasteiger partial charge in [-0.3, -0.25) is 9.48 Å². The minimum Gasteiger partial charge on any atom is -0.435 e. The highest BCUT2D eigenvalue weighted by Gasteiger charge is 2.30. The molecule has 0 spiro atoms. The van der Waals surface area contributed by atoms with Crippen LogP contribution in [0.4, 0.5) is 4.79 Å². The van der Waals surface area contributed by atoms with Crippen LogP contribution in [0.5, 0.6) is 0 Å². The first kappa shape index (κ1) is 16.9. The first-order valence-electron chi connectivity index (χ1n) is 7.02. The smallest absolute Gasteiger partial charge is 0.429 e. The van der Waals surface area contributed by atoms with Crippen molar-refractivity contribution in [2.75, 3.05) is 19.7 Å². The third-order valence-electron chi connectivity index (χ3n) is 3.36. The second kappa shape index (κ2) is 7.20. The van der Waals surface area contributed by atoms with Crippen LogP contribution in [0, 0.1) is 19.3 Å². The normalized spacial score (nSPS) is 14.3. The standard InChI is InChI=1S/C15H17ClN4O3/c1-4-10-23-15(22)20-9-5-8-19(20)13(21)7-6-12-11(2)17-18(3)14(12)16/h1,6-7H,5,8-10H2,2-3H3. The highest BCUT2D eigenvalue weighted by Crippen LogP contribution is 2.20. The molecular weight excluding hydrogens is 320 g/mol. The molecule has 1 aromatic rings. The maximum atomic E-state index is 12.3. The Balaban J connectivity index is 2.09. The highest BCUT2D eigenvalue weighted by atomic mass is 35.5. The summed E-state index contributed by atoms with van der Waals surface area (Å²) in [5.74, 6) is 1.88. The summed E-state index contributed by atoms with van der Waals surface area (Å²) in [6.45, 7) is 2.52. The van der Waals surface area contributed by atoms with Crippen molar-refractivity contribution in [2.24, 2.45) is 7.05 Å². The van der Waals surface area contributed by atoms with Crippen molar-refractivity contribution in [3.8, 4) is 12.3 Å². The number of halogens is 1. The van der Waals surface area contributed by atoms with E-state index in [1.165, 1.54) is 20.8 Å². The number of carbonyl (C=O) groups is 2. The average Bonchev–Trinajstić information content (AvgIpc) is 3.09. The summed E-state index contributed by atoms with van der Waals surface area (Å²) in [4.78, 5) is 24.2. The van der Waals surface area contributed by atoms with Gasteiger partial charge in [0, 0.05) is 31.8 Å². The Kier molecular flexibility index (Phi) is 5.29. The fourth-order valence-electron chi connectivity index (χ4n) is 2.28. The molecule has 0 unspecified atom stereocenters. The molecule has 0 atom stereocenters. The molecule has 1 fully saturated rings. The van der Waals surface area contributed by atoms with Crippen LogP contribution in [0.2, 0.25) is 5.15 Å². The monoisotopic (exact) mass is 336 g/mol. The van der Waals surface area contributed by atoms with Crippen molar-refractivity contribution in [1.29, 1.82) is 0 Å². The first-order valence-corrected chi connectivity index (χ1v) is 7.40. The molecule has 8 heteroatoms. The quantitative estimate of drug-likeness (QED) is 0.621. The van der Waals surface area contributed by atoms with Gasteiger partial charge in [-0.25, -0.2) is 14.8 Å². The zero-order chi connectivity index (χ0) is 17.0. The van der Waals surface area contributed by atoms with Gasteiger partial charge in [0.05, 0.1) is 5.69 Å². The minimum atomic E-state index is -0.627. The summed E-state index contributed by atoms with van der Waals surface area (Å²) in [5, 5.41) is 7.19. The molecule has 1 aliphatic heterocycles. The largest absolute Gasteiger partial charge is 0.435 e. The van der Waals surface area contributed by atoms with Gasteiger partial charge in [0.25, 0.3) is 5.91 Å². The fourth-order valence-corrected chi connectivity index (χ4v) is 2.52. The number of amides is 2. The number of aryl methyl sites for hydroxylation is 2. The summed E-state index contributed by atoms with van der Waals surface area (Å²) >= 11 is 6.11. The molecule has 0 saturated carbocycles. The maximum absolute atomic E-state index is 12.3. The SMILES string of the molecule is C#CCOC(=O)N1CCCN1C(=O)C=Cc1c(C)nn(C)c1Cl. The predicted octanol–water partition coefficient (Wildman–Crippen LogP) is 1.61. The predicted molar refractivity (Wildman–Crippen MR) is 85.2 cm³/mol. The second-order valence-corrected chi connectivity index (χ2v) is 5.30. The van der Waals surface area contributed by atoms with Gasteiger partial charge in [-0.1, -0.05) is 17.5 Å². The van der Waals surface area contributed by atoms with Gasteiger partial charge in [-0.2, -0.15) is 5.10 Å². The third kappa shape index (κ3) is 3.66. The van der Waals surface area contributed by atoms with Crippen LogP contribution in [0.3, 0.4) is 0 Å². The molecule has 1 saturated heterocycles. The van der Waals surface area contributed by atoms with Crippen LogP contribution in [0.1, 0.15) is 17.7 Å². The molecule has 0 bridgehead atoms. The summed E-state index contributed by atoms with van der Waals surface area (Å²) in [7, 11) is 1.72. The van der Waals surface area contributed by atoms with Crippen LogP contribution < -0.4 is 0 Å². The number of rotatable bonds is 3. The zero-order valence-electron chi connectivity index (χ0n) is 13.0. The lowest BCUT2D eigenvalue weighted by atomic mass is 10.2. The van der Waals surface area contributed by atoms with E-state index in [-0.39, 0.29) is 12.5 Å². The molecular formula is C15H17ClN4O3. The van der Waals surface area contributed by atoms with Crippen LogP contribution in [0.25, 0.3) is 6.08 Å². The number of nitrogens with zero attached hydrogens (tertiary/aromatic N) is 4. The molecule has 0 N–H and O–H groups in total. The molecule has 1 aromatic heterocycles. The highest BCUT2D eigenvalue weighted by molar-refractivity contribution is 6.31. The van der Waals surface area contributed by atoms with Crippen molar-refractivity contribution in [2.45, 2.75) is 13.3 Å². The van der Waals surface area contributed by atoms with E-state index in [2.05, 4.69) is 11.0 Å². The van der Waals surface area contributed by atoms with Crippen LogP contribution in [0.15, 0.2) is 6.08 Å². The van der Waals surface area contributed by atoms with Gasteiger partial charge in [0.2, 0.25) is 0 Å². The number of hydrazine groups is 1. The van der Waals surface area contributed by atoms with E-state index in [0.29, 0.717) is 35.9 Å². The van der Waals surface area contributed by atoms with Gasteiger partial charge < -0.3 is 4.74 Å². The van der Waals surface area contributed by atoms with E-state index in [1.54, 1.807) is 20.0 Å². The van der Waals surface area contributed by atoms with Crippen molar-refractivity contribution in [3.05, 3.63) is 22.5 Å². The molecule has 2 rings (SSSR count). The molecule has 122 valence electrons. The van der Waals surface area contributed by atoms with E-state index in [4.69, 9.17) is 22.8 Å². The first-order chi connectivity index (χ1) is 11.0. The number of terminal acetylenes is 1. The van der Waals surface area contributed by atoms with Crippen molar-refractivity contribution >= 4 is 29.7 Å². The van der Waals surface area contributed by atoms with Crippen LogP contribution in [-0.4, -0.2) is 51.5 Å². The van der Waals surface area contributed by atoms with Crippen LogP contribution in [-0.2, 0) is 16.6 Å². The van der Waals surface area contributed by atoms with Gasteiger partial charge in [0.1, 0.15) is 5.15 Å². The Morgan fingerprint density at radius 2 is 2.13 bits per heavy atom. The van der Waals surface area contributed by atoms with Crippen molar-refractivity contribution < 1.29 is 14.3 Å². The lowest BCUT2D eigenvalue weighted by molar-refractivity contribution is -0.135. The number of carbonyl (C=O) groups excluding carboxylic acids is 2. The molecule has 7 nitrogen and oxygen atoms in total. The van der Waals surface area contributed by atoms with Gasteiger partial charge >= 0.3 is 6.09 Å². The van der Waals surface area contributed by atoms with Gasteiger partial charge in [-0.05, 0) is 19.4 Å². The van der Waals surface area contributed by atoms with E-state index in [0.717, 1.165) is 0 Å². The van der Waals surface area contributed by atoms with E-state index < -0.39 is 6.09 Å². The number of hydrogen-bond donors (Lipinski definition) is 0. The molecule has 0 aromatic carbocycles. The van der Waals surface area contributed by atoms with Crippen LogP contribution >= 0.6 is 11.6 Å². The minimum absolute atomic E-state index is 0.127. The molecule has 2 amide bonds. The molecule has 0 aliphatic carbocycles. The van der Waals surface area contributed by atoms with Gasteiger partial charge in [-0.15, -0.1) is 6.42 Å². The molecule has 2 heterocycles. The molecule has 23 heavy (non-hydrogen) atoms. The molecule has 0 radical (unpaired) electrons. The maximum Gasteiger partial charge on any atom is 0.429 e. The van der Waals surface area contributed by atoms with Crippen molar-refractivity contribution in [1.82, 2.24) is 19.8 Å². The van der Waals surface area contributed by atoms with E-state index >= 15 is 0 Å². The summed E-state index contributed by atoms with van der Waals surface area (Å²) in [6, 6.07) is 0. The second-order valence-electron chi connectivity index (χ2n) is 4.94. The summed E-state index contributed by atoms with van der Waals surface area (Å²) < 4.78 is 6.39. The zero-order valence-corrected chi connectivity index (χ0v) is 13.7. The molecule has 1 aliphatic rings. The fraction of sp³-hybridized carbons (Fsp3) is 0.400. The topological polar surface area (TPSA) is 67.7 Å². The Hall–Kier alpha value is -2.46. The summed E-state index contributed by atoms with van der Waals surface area (Å²) in [5.41, 5.74) is 1.39. The Morgan fingerprint density at radius 1 is 1.43 bits per heavy atom. The van der Waals surface area contributed by atoms with E-state index in [1.807, 2.05) is 0 Å². The van der Waals surface area contributed by atoms with E-state index in [9.17, 15) is 9.59 Å². The lowest BCUT2D eigenvalue weighted by Gasteiger charge is -2.25. The number of aromatic nitrogens is 2. The summed E-state index contributed by atoms with van der Waals surface area (Å²) in [6.07, 6.45) is 8.06. The number of ether oxygens (including phenoxy) is 1. The Morgan fingerprint density at radius 3 is 2.74 bits per heavy atom. The van der Waals surface area contributed by atoms with Crippen molar-refractivity contribution in [3.63, 3.8) is 0 Å². The Bertz CT molecular complexity index is 690.